The maximum atomic E-state index is 11.9. The lowest BCUT2D eigenvalue weighted by Gasteiger charge is -2.08. The summed E-state index contributed by atoms with van der Waals surface area (Å²) in [5, 5.41) is 0. The van der Waals surface area contributed by atoms with Gasteiger partial charge in [-0.1, -0.05) is 61.9 Å². The predicted molar refractivity (Wildman–Crippen MR) is 113 cm³/mol. The van der Waals surface area contributed by atoms with Crippen LogP contribution < -0.4 is 0 Å². The van der Waals surface area contributed by atoms with E-state index in [1.54, 1.807) is 13.0 Å². The lowest BCUT2D eigenvalue weighted by Crippen LogP contribution is -2.00. The first-order valence-electron chi connectivity index (χ1n) is 9.71. The molecule has 0 radical (unpaired) electrons. The minimum absolute atomic E-state index is 0.341. The first-order chi connectivity index (χ1) is 13.7. The number of carbonyl (C=O) groups excluding carboxylic acids is 1. The van der Waals surface area contributed by atoms with Crippen molar-refractivity contribution >= 4 is 23.2 Å². The maximum Gasteiger partial charge on any atom is 0.330 e. The molecule has 0 amide bonds. The molecule has 2 aromatic carbocycles. The zero-order valence-corrected chi connectivity index (χ0v) is 16.4. The molecule has 2 aromatic rings. The van der Waals surface area contributed by atoms with Gasteiger partial charge in [0.25, 0.3) is 0 Å². The fourth-order valence-electron chi connectivity index (χ4n) is 2.99. The lowest BCUT2D eigenvalue weighted by molar-refractivity contribution is -0.137. The zero-order valence-electron chi connectivity index (χ0n) is 16.4. The molecule has 144 valence electrons. The molecule has 4 heteroatoms. The first-order valence-corrected chi connectivity index (χ1v) is 9.71. The number of esters is 1. The lowest BCUT2D eigenvalue weighted by atomic mass is 9.99. The van der Waals surface area contributed by atoms with Crippen molar-refractivity contribution in [2.24, 2.45) is 4.99 Å². The molecule has 0 saturated heterocycles. The average molecular weight is 375 g/mol. The highest BCUT2D eigenvalue weighted by atomic mass is 16.5. The minimum atomic E-state index is -0.375. The highest BCUT2D eigenvalue weighted by Crippen LogP contribution is 2.36. The molecule has 0 spiro atoms. The van der Waals surface area contributed by atoms with Crippen molar-refractivity contribution in [3.8, 4) is 0 Å². The summed E-state index contributed by atoms with van der Waals surface area (Å²) < 4.78 is 11.2. The molecule has 0 atom stereocenters. The van der Waals surface area contributed by atoms with Crippen LogP contribution in [0.5, 0.6) is 0 Å². The topological polar surface area (TPSA) is 47.9 Å². The summed E-state index contributed by atoms with van der Waals surface area (Å²) in [6.45, 7) is 5.00. The van der Waals surface area contributed by atoms with Crippen molar-refractivity contribution in [3.63, 3.8) is 0 Å². The molecule has 1 aliphatic heterocycles. The third-order valence-corrected chi connectivity index (χ3v) is 4.37. The molecule has 0 aliphatic carbocycles. The summed E-state index contributed by atoms with van der Waals surface area (Å²) in [5.41, 5.74) is 3.74. The normalized spacial score (nSPS) is 16.1. The molecule has 0 saturated carbocycles. The van der Waals surface area contributed by atoms with Gasteiger partial charge >= 0.3 is 5.97 Å². The van der Waals surface area contributed by atoms with Crippen LogP contribution in [0.25, 0.3) is 11.3 Å². The molecule has 0 fully saturated rings. The second-order valence-corrected chi connectivity index (χ2v) is 6.38. The van der Waals surface area contributed by atoms with Gasteiger partial charge in [0.1, 0.15) is 5.76 Å². The zero-order chi connectivity index (χ0) is 19.8. The Kier molecular flexibility index (Phi) is 6.79. The number of aliphatic imine (C=N–C) groups is 1. The van der Waals surface area contributed by atoms with Gasteiger partial charge in [0.2, 0.25) is 5.90 Å². The van der Waals surface area contributed by atoms with E-state index >= 15 is 0 Å². The molecule has 1 heterocycles. The Morgan fingerprint density at radius 1 is 1.00 bits per heavy atom. The number of allylic oxidation sites excluding steroid dienone is 2. The number of fused-ring (bicyclic) bond motifs is 1. The molecule has 0 unspecified atom stereocenters. The van der Waals surface area contributed by atoms with E-state index in [9.17, 15) is 4.79 Å². The van der Waals surface area contributed by atoms with Gasteiger partial charge in [-0.15, -0.1) is 0 Å². The van der Waals surface area contributed by atoms with Gasteiger partial charge < -0.3 is 9.47 Å². The highest BCUT2D eigenvalue weighted by molar-refractivity contribution is 6.11. The van der Waals surface area contributed by atoms with Crippen molar-refractivity contribution in [2.75, 3.05) is 13.2 Å². The van der Waals surface area contributed by atoms with Crippen molar-refractivity contribution in [1.82, 2.24) is 0 Å². The second-order valence-electron chi connectivity index (χ2n) is 6.38. The fraction of sp³-hybridized carbons (Fsp3) is 0.250. The van der Waals surface area contributed by atoms with Crippen LogP contribution in [-0.4, -0.2) is 25.0 Å². The molecule has 3 rings (SSSR count). The van der Waals surface area contributed by atoms with Gasteiger partial charge in [-0.05, 0) is 31.1 Å². The van der Waals surface area contributed by atoms with Crippen LogP contribution in [-0.2, 0) is 14.3 Å². The first kappa shape index (κ1) is 19.6. The number of rotatable bonds is 7. The summed E-state index contributed by atoms with van der Waals surface area (Å²) >= 11 is 0. The number of carbonyl (C=O) groups is 1. The van der Waals surface area contributed by atoms with Gasteiger partial charge in [-0.2, -0.15) is 0 Å². The summed E-state index contributed by atoms with van der Waals surface area (Å²) in [6.07, 6.45) is 5.30. The fourth-order valence-corrected chi connectivity index (χ4v) is 2.99. The summed E-state index contributed by atoms with van der Waals surface area (Å²) in [5.74, 6) is 0.967. The molecule has 4 nitrogen and oxygen atoms in total. The Morgan fingerprint density at radius 2 is 1.71 bits per heavy atom. The standard InChI is InChI=1S/C24H25NO3/c1-3-5-17-25-24-21-14-10-9-13-20(21)23(28-24)19(15-16-22(26)27-4-2)18-11-7-6-8-12-18/h6-16H,3-5,17H2,1-2H3/b16-15+,23-19-,25-24?. The molecular formula is C24H25NO3. The van der Waals surface area contributed by atoms with E-state index in [4.69, 9.17) is 9.47 Å². The third-order valence-electron chi connectivity index (χ3n) is 4.37. The van der Waals surface area contributed by atoms with Gasteiger partial charge in [-0.3, -0.25) is 4.99 Å². The minimum Gasteiger partial charge on any atom is -0.463 e. The molecular weight excluding hydrogens is 350 g/mol. The largest absolute Gasteiger partial charge is 0.463 e. The number of unbranched alkanes of at least 4 members (excludes halogenated alkanes) is 1. The van der Waals surface area contributed by atoms with E-state index < -0.39 is 0 Å². The predicted octanol–water partition coefficient (Wildman–Crippen LogP) is 5.25. The molecule has 28 heavy (non-hydrogen) atoms. The van der Waals surface area contributed by atoms with Crippen LogP contribution in [0.15, 0.2) is 71.7 Å². The van der Waals surface area contributed by atoms with Gasteiger partial charge in [-0.25, -0.2) is 4.79 Å². The van der Waals surface area contributed by atoms with Crippen LogP contribution in [0.3, 0.4) is 0 Å². The summed E-state index contributed by atoms with van der Waals surface area (Å²) in [4.78, 5) is 16.5. The van der Waals surface area contributed by atoms with E-state index in [-0.39, 0.29) is 5.97 Å². The van der Waals surface area contributed by atoms with Crippen LogP contribution in [0, 0.1) is 0 Å². The quantitative estimate of drug-likeness (QED) is 0.377. The molecule has 0 bridgehead atoms. The van der Waals surface area contributed by atoms with Crippen LogP contribution in [0.1, 0.15) is 43.4 Å². The number of hydrogen-bond acceptors (Lipinski definition) is 4. The maximum absolute atomic E-state index is 11.9. The van der Waals surface area contributed by atoms with Crippen LogP contribution in [0.2, 0.25) is 0 Å². The van der Waals surface area contributed by atoms with Crippen molar-refractivity contribution in [2.45, 2.75) is 26.7 Å². The Labute approximate surface area is 166 Å². The number of hydrogen-bond donors (Lipinski definition) is 0. The Bertz CT molecular complexity index is 910. The van der Waals surface area contributed by atoms with E-state index in [1.165, 1.54) is 6.08 Å². The monoisotopic (exact) mass is 375 g/mol. The number of ether oxygens (including phenoxy) is 2. The summed E-state index contributed by atoms with van der Waals surface area (Å²) in [7, 11) is 0. The van der Waals surface area contributed by atoms with Crippen molar-refractivity contribution < 1.29 is 14.3 Å². The van der Waals surface area contributed by atoms with Gasteiger partial charge in [0.05, 0.1) is 6.61 Å². The van der Waals surface area contributed by atoms with E-state index in [2.05, 4.69) is 11.9 Å². The van der Waals surface area contributed by atoms with Gasteiger partial charge in [0, 0.05) is 29.3 Å². The van der Waals surface area contributed by atoms with Crippen molar-refractivity contribution in [3.05, 3.63) is 83.4 Å². The Morgan fingerprint density at radius 3 is 2.43 bits per heavy atom. The number of benzene rings is 2. The Balaban J connectivity index is 2.09. The SMILES string of the molecule is CCCCN=C1O/C(=C(/C=C/C(=O)OCC)c2ccccc2)c2ccccc21. The second kappa shape index (κ2) is 9.70. The highest BCUT2D eigenvalue weighted by Gasteiger charge is 2.27. The third kappa shape index (κ3) is 4.58. The average Bonchev–Trinajstić information content (AvgIpc) is 3.08. The van der Waals surface area contributed by atoms with E-state index in [1.807, 2.05) is 54.6 Å². The smallest absolute Gasteiger partial charge is 0.330 e. The summed E-state index contributed by atoms with van der Waals surface area (Å²) in [6, 6.07) is 17.9. The van der Waals surface area contributed by atoms with Gasteiger partial charge in [0.15, 0.2) is 0 Å². The number of nitrogens with zero attached hydrogens (tertiary/aromatic N) is 1. The van der Waals surface area contributed by atoms with Crippen molar-refractivity contribution in [1.29, 1.82) is 0 Å². The van der Waals surface area contributed by atoms with Crippen LogP contribution >= 0.6 is 0 Å². The van der Waals surface area contributed by atoms with E-state index in [0.717, 1.165) is 41.6 Å². The van der Waals surface area contributed by atoms with Crippen LogP contribution in [0.4, 0.5) is 0 Å². The molecule has 0 aromatic heterocycles. The Hall–Kier alpha value is -3.14. The van der Waals surface area contributed by atoms with E-state index in [0.29, 0.717) is 18.3 Å². The molecule has 1 aliphatic rings. The molecule has 0 N–H and O–H groups in total.